The second-order valence-corrected chi connectivity index (χ2v) is 4.16. The Labute approximate surface area is 113 Å². The van der Waals surface area contributed by atoms with Gasteiger partial charge in [0.15, 0.2) is 11.7 Å². The average Bonchev–Trinajstić information content (AvgIpc) is 2.39. The van der Waals surface area contributed by atoms with E-state index < -0.39 is 0 Å². The number of hydrogen-bond donors (Lipinski definition) is 2. The van der Waals surface area contributed by atoms with E-state index in [1.165, 1.54) is 6.20 Å². The molecule has 104 valence electrons. The lowest BCUT2D eigenvalue weighted by Crippen LogP contribution is -2.21. The number of nitrogens with one attached hydrogen (secondary N) is 1. The predicted octanol–water partition coefficient (Wildman–Crippen LogP) is 3.22. The third-order valence-electron chi connectivity index (χ3n) is 2.55. The first-order valence-corrected chi connectivity index (χ1v) is 6.20. The van der Waals surface area contributed by atoms with Crippen molar-refractivity contribution in [2.24, 2.45) is 10.8 Å². The summed E-state index contributed by atoms with van der Waals surface area (Å²) in [6.07, 6.45) is 6.66. The van der Waals surface area contributed by atoms with Crippen molar-refractivity contribution in [1.82, 2.24) is 5.43 Å². The molecule has 0 amide bonds. The van der Waals surface area contributed by atoms with Gasteiger partial charge < -0.3 is 10.2 Å². The number of hydrazine groups is 1. The zero-order chi connectivity index (χ0) is 14.3. The second-order valence-electron chi connectivity index (χ2n) is 4.16. The number of nitrogens with two attached hydrogens (primary N) is 1. The second kappa shape index (κ2) is 7.53. The fourth-order valence-corrected chi connectivity index (χ4v) is 1.43. The summed E-state index contributed by atoms with van der Waals surface area (Å²) in [5, 5.41) is 0. The molecule has 0 bridgehead atoms. The van der Waals surface area contributed by atoms with Crippen LogP contribution in [0.4, 0.5) is 4.39 Å². The van der Waals surface area contributed by atoms with Crippen LogP contribution in [-0.4, -0.2) is 5.90 Å². The molecule has 0 saturated carbocycles. The van der Waals surface area contributed by atoms with Gasteiger partial charge in [0.2, 0.25) is 0 Å². The van der Waals surface area contributed by atoms with Crippen molar-refractivity contribution in [2.45, 2.75) is 33.1 Å². The minimum absolute atomic E-state index is 0.234. The van der Waals surface area contributed by atoms with Gasteiger partial charge in [-0.3, -0.25) is 5.84 Å². The molecular formula is C14H20FN3O. The van der Waals surface area contributed by atoms with Crippen molar-refractivity contribution in [3.63, 3.8) is 0 Å². The van der Waals surface area contributed by atoms with Crippen molar-refractivity contribution in [3.8, 4) is 0 Å². The van der Waals surface area contributed by atoms with Gasteiger partial charge in [-0.15, -0.1) is 0 Å². The van der Waals surface area contributed by atoms with Crippen LogP contribution in [0.25, 0.3) is 0 Å². The Morgan fingerprint density at radius 1 is 1.68 bits per heavy atom. The van der Waals surface area contributed by atoms with Crippen LogP contribution in [0, 0.1) is 0 Å². The summed E-state index contributed by atoms with van der Waals surface area (Å²) < 4.78 is 19.0. The largest absolute Gasteiger partial charge is 0.440 e. The normalized spacial score (nSPS) is 16.6. The van der Waals surface area contributed by atoms with E-state index in [-0.39, 0.29) is 11.6 Å². The van der Waals surface area contributed by atoms with Crippen LogP contribution in [-0.2, 0) is 4.74 Å². The van der Waals surface area contributed by atoms with E-state index in [4.69, 9.17) is 10.6 Å². The third-order valence-corrected chi connectivity index (χ3v) is 2.55. The lowest BCUT2D eigenvalue weighted by atomic mass is 10.1. The summed E-state index contributed by atoms with van der Waals surface area (Å²) >= 11 is 0. The number of halogens is 1. The maximum atomic E-state index is 13.5. The molecule has 0 fully saturated rings. The van der Waals surface area contributed by atoms with Crippen molar-refractivity contribution in [2.75, 3.05) is 0 Å². The predicted molar refractivity (Wildman–Crippen MR) is 75.5 cm³/mol. The number of hydrogen-bond acceptors (Lipinski definition) is 4. The number of nitrogens with zero attached hydrogens (tertiary/aromatic N) is 1. The summed E-state index contributed by atoms with van der Waals surface area (Å²) in [4.78, 5) is 4.16. The van der Waals surface area contributed by atoms with E-state index in [0.29, 0.717) is 30.9 Å². The zero-order valence-corrected chi connectivity index (χ0v) is 11.4. The fraction of sp³-hybridized carbons (Fsp3) is 0.357. The van der Waals surface area contributed by atoms with E-state index >= 15 is 0 Å². The molecule has 19 heavy (non-hydrogen) atoms. The first-order chi connectivity index (χ1) is 9.08. The van der Waals surface area contributed by atoms with Crippen LogP contribution in [0.1, 0.15) is 33.1 Å². The lowest BCUT2D eigenvalue weighted by molar-refractivity contribution is 0.383. The van der Waals surface area contributed by atoms with Gasteiger partial charge in [0, 0.05) is 12.8 Å². The Hall–Kier alpha value is -1.88. The van der Waals surface area contributed by atoms with E-state index in [0.717, 1.165) is 5.57 Å². The van der Waals surface area contributed by atoms with Gasteiger partial charge in [-0.25, -0.2) is 9.38 Å². The molecule has 0 aromatic carbocycles. The standard InChI is InChI=1S/C14H20FN3O/c1-4-14(17-9-12(18-16)10(2)3)19-13-8-6-5-7-11(13)15/h6,8-9,18H,2,4-5,7,16H2,1,3H3/b12-9+,17-14+. The van der Waals surface area contributed by atoms with Crippen molar-refractivity contribution in [1.29, 1.82) is 0 Å². The van der Waals surface area contributed by atoms with E-state index in [9.17, 15) is 4.39 Å². The van der Waals surface area contributed by atoms with Crippen molar-refractivity contribution >= 4 is 5.90 Å². The third kappa shape index (κ3) is 4.71. The molecule has 4 nitrogen and oxygen atoms in total. The van der Waals surface area contributed by atoms with Crippen LogP contribution < -0.4 is 11.3 Å². The van der Waals surface area contributed by atoms with Gasteiger partial charge in [-0.05, 0) is 25.0 Å². The van der Waals surface area contributed by atoms with Crippen molar-refractivity contribution in [3.05, 3.63) is 47.8 Å². The highest BCUT2D eigenvalue weighted by Gasteiger charge is 2.11. The highest BCUT2D eigenvalue weighted by Crippen LogP contribution is 2.21. The summed E-state index contributed by atoms with van der Waals surface area (Å²) in [6.45, 7) is 7.44. The molecule has 0 heterocycles. The van der Waals surface area contributed by atoms with Crippen LogP contribution >= 0.6 is 0 Å². The molecule has 0 atom stereocenters. The van der Waals surface area contributed by atoms with Gasteiger partial charge in [0.05, 0.1) is 11.9 Å². The first-order valence-electron chi connectivity index (χ1n) is 6.20. The molecular weight excluding hydrogens is 245 g/mol. The Bertz CT molecular complexity index is 461. The lowest BCUT2D eigenvalue weighted by Gasteiger charge is -2.12. The Balaban J connectivity index is 2.84. The maximum absolute atomic E-state index is 13.5. The maximum Gasteiger partial charge on any atom is 0.194 e. The molecule has 1 aliphatic rings. The summed E-state index contributed by atoms with van der Waals surface area (Å²) in [7, 11) is 0. The van der Waals surface area contributed by atoms with Gasteiger partial charge >= 0.3 is 0 Å². The SMILES string of the molecule is C=C(C)/C(=C\N=C(/CC)OC1=C(F)CCC=C1)NN. The topological polar surface area (TPSA) is 59.6 Å². The number of aliphatic imine (C=N–C) groups is 1. The first kappa shape index (κ1) is 15.2. The zero-order valence-electron chi connectivity index (χ0n) is 11.4. The molecule has 0 aromatic rings. The molecule has 5 heteroatoms. The Kier molecular flexibility index (Phi) is 6.02. The van der Waals surface area contributed by atoms with Crippen LogP contribution in [0.2, 0.25) is 0 Å². The molecule has 0 unspecified atom stereocenters. The molecule has 0 radical (unpaired) electrons. The summed E-state index contributed by atoms with van der Waals surface area (Å²) in [5.41, 5.74) is 3.85. The minimum atomic E-state index is -0.246. The highest BCUT2D eigenvalue weighted by atomic mass is 19.1. The van der Waals surface area contributed by atoms with Crippen LogP contribution in [0.3, 0.4) is 0 Å². The summed E-state index contributed by atoms with van der Waals surface area (Å²) in [6, 6.07) is 0. The average molecular weight is 265 g/mol. The molecule has 1 aliphatic carbocycles. The number of ether oxygens (including phenoxy) is 1. The van der Waals surface area contributed by atoms with Gasteiger partial charge in [-0.2, -0.15) is 0 Å². The van der Waals surface area contributed by atoms with E-state index in [2.05, 4.69) is 17.0 Å². The smallest absolute Gasteiger partial charge is 0.194 e. The van der Waals surface area contributed by atoms with Gasteiger partial charge in [0.1, 0.15) is 5.83 Å². The monoisotopic (exact) mass is 265 g/mol. The molecule has 0 aliphatic heterocycles. The summed E-state index contributed by atoms with van der Waals surface area (Å²) in [5.74, 6) is 5.75. The minimum Gasteiger partial charge on any atom is -0.440 e. The molecule has 3 N–H and O–H groups in total. The molecule has 0 aromatic heterocycles. The van der Waals surface area contributed by atoms with Gasteiger partial charge in [-0.1, -0.05) is 19.6 Å². The van der Waals surface area contributed by atoms with Crippen LogP contribution in [0.15, 0.2) is 52.8 Å². The van der Waals surface area contributed by atoms with E-state index in [1.807, 2.05) is 13.0 Å². The van der Waals surface area contributed by atoms with Gasteiger partial charge in [0.25, 0.3) is 0 Å². The number of allylic oxidation sites excluding steroid dienone is 4. The highest BCUT2D eigenvalue weighted by molar-refractivity contribution is 5.78. The van der Waals surface area contributed by atoms with Crippen LogP contribution in [0.5, 0.6) is 0 Å². The Morgan fingerprint density at radius 2 is 2.42 bits per heavy atom. The molecule has 1 rings (SSSR count). The van der Waals surface area contributed by atoms with Crippen molar-refractivity contribution < 1.29 is 9.13 Å². The van der Waals surface area contributed by atoms with E-state index in [1.54, 1.807) is 13.0 Å². The quantitative estimate of drug-likeness (QED) is 0.264. The Morgan fingerprint density at radius 3 is 2.95 bits per heavy atom. The molecule has 0 saturated heterocycles. The number of rotatable bonds is 5. The fourth-order valence-electron chi connectivity index (χ4n) is 1.43. The molecule has 0 spiro atoms.